The van der Waals surface area contributed by atoms with Crippen molar-refractivity contribution in [3.05, 3.63) is 99.6 Å². The van der Waals surface area contributed by atoms with Gasteiger partial charge in [-0.25, -0.2) is 13.8 Å². The Morgan fingerprint density at radius 1 is 0.976 bits per heavy atom. The number of methoxy groups -OCH3 is 1. The third-order valence-corrected chi connectivity index (χ3v) is 7.48. The summed E-state index contributed by atoms with van der Waals surface area (Å²) in [5, 5.41) is 3.85. The fourth-order valence-electron chi connectivity index (χ4n) is 4.48. The lowest BCUT2D eigenvalue weighted by molar-refractivity contribution is -0.868. The predicted octanol–water partition coefficient (Wildman–Crippen LogP) is 7.49. The maximum atomic E-state index is 15.1. The lowest BCUT2D eigenvalue weighted by Gasteiger charge is -2.28. The van der Waals surface area contributed by atoms with E-state index in [2.05, 4.69) is 31.4 Å². The number of hydrogen-bond acceptors (Lipinski definition) is 4. The quantitative estimate of drug-likeness (QED) is 0.180. The summed E-state index contributed by atoms with van der Waals surface area (Å²) in [5.41, 5.74) is 2.39. The van der Waals surface area contributed by atoms with E-state index in [1.54, 1.807) is 37.6 Å². The summed E-state index contributed by atoms with van der Waals surface area (Å²) in [6.45, 7) is 5.51. The van der Waals surface area contributed by atoms with E-state index in [0.717, 1.165) is 22.3 Å². The Labute approximate surface area is 250 Å². The molecule has 0 saturated heterocycles. The van der Waals surface area contributed by atoms with E-state index >= 15 is 4.39 Å². The molecule has 0 fully saturated rings. The highest BCUT2D eigenvalue weighted by atomic mass is 35.5. The molecule has 4 aromatic rings. The molecule has 0 unspecified atom stereocenters. The monoisotopic (exact) mass is 603 g/mol. The molecule has 6 nitrogen and oxygen atoms in total. The van der Waals surface area contributed by atoms with Crippen LogP contribution in [0.5, 0.6) is 11.5 Å². The Morgan fingerprint density at radius 3 is 2.32 bits per heavy atom. The molecular formula is C31H35Cl2F2N4O2+. The number of imidazole rings is 1. The highest BCUT2D eigenvalue weighted by molar-refractivity contribution is 6.32. The van der Waals surface area contributed by atoms with E-state index in [9.17, 15) is 4.39 Å². The van der Waals surface area contributed by atoms with Gasteiger partial charge in [-0.1, -0.05) is 43.1 Å². The highest BCUT2D eigenvalue weighted by Gasteiger charge is 2.30. The van der Waals surface area contributed by atoms with E-state index in [-0.39, 0.29) is 23.2 Å². The second-order valence-electron chi connectivity index (χ2n) is 11.3. The van der Waals surface area contributed by atoms with E-state index in [1.807, 2.05) is 30.5 Å². The molecule has 0 radical (unpaired) electrons. The van der Waals surface area contributed by atoms with Gasteiger partial charge >= 0.3 is 0 Å². The van der Waals surface area contributed by atoms with Crippen molar-refractivity contribution in [3.8, 4) is 17.2 Å². The van der Waals surface area contributed by atoms with Crippen LogP contribution < -0.4 is 14.8 Å². The fraction of sp³-hybridized carbons (Fsp3) is 0.323. The molecule has 4 rings (SSSR count). The number of ether oxygens (including phenoxy) is 2. The topological polar surface area (TPSA) is 48.3 Å². The third-order valence-electron chi connectivity index (χ3n) is 6.89. The zero-order chi connectivity index (χ0) is 29.9. The van der Waals surface area contributed by atoms with Crippen molar-refractivity contribution < 1.29 is 22.7 Å². The number of aromatic nitrogens is 2. The molecule has 0 aliphatic carbocycles. The minimum Gasteiger partial charge on any atom is -0.495 e. The van der Waals surface area contributed by atoms with Crippen molar-refractivity contribution in [2.24, 2.45) is 0 Å². The summed E-state index contributed by atoms with van der Waals surface area (Å²) in [6, 6.07) is 14.7. The summed E-state index contributed by atoms with van der Waals surface area (Å²) in [6.07, 6.45) is 1.74. The molecule has 0 spiro atoms. The van der Waals surface area contributed by atoms with Crippen LogP contribution in [0.2, 0.25) is 10.0 Å². The van der Waals surface area contributed by atoms with Crippen LogP contribution in [0.4, 0.5) is 14.5 Å². The van der Waals surface area contributed by atoms with E-state index in [4.69, 9.17) is 32.7 Å². The number of nitrogens with one attached hydrogen (secondary N) is 1. The summed E-state index contributed by atoms with van der Waals surface area (Å²) in [4.78, 5) is 4.63. The average Bonchev–Trinajstić information content (AvgIpc) is 3.33. The Hall–Kier alpha value is -3.33. The molecule has 41 heavy (non-hydrogen) atoms. The molecule has 0 atom stereocenters. The second kappa shape index (κ2) is 12.3. The fourth-order valence-corrected chi connectivity index (χ4v) is 4.94. The Balaban J connectivity index is 1.66. The van der Waals surface area contributed by atoms with Crippen molar-refractivity contribution in [1.29, 1.82) is 0 Å². The van der Waals surface area contributed by atoms with Crippen LogP contribution in [0.1, 0.15) is 30.9 Å². The van der Waals surface area contributed by atoms with Crippen LogP contribution in [0.25, 0.3) is 5.69 Å². The van der Waals surface area contributed by atoms with Gasteiger partial charge in [0.05, 0.1) is 57.1 Å². The molecule has 1 aromatic heterocycles. The third kappa shape index (κ3) is 7.12. The zero-order valence-corrected chi connectivity index (χ0v) is 25.6. The maximum Gasteiger partial charge on any atom is 0.174 e. The smallest absolute Gasteiger partial charge is 0.174 e. The average molecular weight is 605 g/mol. The summed E-state index contributed by atoms with van der Waals surface area (Å²) < 4.78 is 43.0. The highest BCUT2D eigenvalue weighted by Crippen LogP contribution is 2.38. The summed E-state index contributed by atoms with van der Waals surface area (Å²) in [7, 11) is 7.82. The van der Waals surface area contributed by atoms with Crippen molar-refractivity contribution in [3.63, 3.8) is 0 Å². The van der Waals surface area contributed by atoms with Gasteiger partial charge in [0.25, 0.3) is 0 Å². The van der Waals surface area contributed by atoms with Gasteiger partial charge in [0.1, 0.15) is 18.2 Å². The lowest BCUT2D eigenvalue weighted by Crippen LogP contribution is -2.38. The maximum absolute atomic E-state index is 15.1. The molecular weight excluding hydrogens is 569 g/mol. The first-order chi connectivity index (χ1) is 19.3. The van der Waals surface area contributed by atoms with E-state index < -0.39 is 11.2 Å². The predicted molar refractivity (Wildman–Crippen MR) is 161 cm³/mol. The Kier molecular flexibility index (Phi) is 9.16. The van der Waals surface area contributed by atoms with Crippen molar-refractivity contribution in [2.45, 2.75) is 25.9 Å². The zero-order valence-electron chi connectivity index (χ0n) is 24.1. The van der Waals surface area contributed by atoms with Crippen molar-refractivity contribution >= 4 is 28.9 Å². The summed E-state index contributed by atoms with van der Waals surface area (Å²) >= 11 is 12.7. The number of rotatable bonds is 11. The normalized spacial score (nSPS) is 12.0. The number of likely N-dealkylation sites (N-methyl/N-ethyl adjacent to an activating group) is 1. The first kappa shape index (κ1) is 30.6. The van der Waals surface area contributed by atoms with Crippen LogP contribution in [-0.4, -0.2) is 55.4 Å². The number of quaternary nitrogens is 1. The van der Waals surface area contributed by atoms with Crippen LogP contribution >= 0.6 is 23.2 Å². The lowest BCUT2D eigenvalue weighted by atomic mass is 9.81. The number of hydrogen-bond donors (Lipinski definition) is 1. The van der Waals surface area contributed by atoms with Gasteiger partial charge in [0, 0.05) is 29.1 Å². The second-order valence-corrected chi connectivity index (χ2v) is 12.2. The molecule has 1 heterocycles. The van der Waals surface area contributed by atoms with Gasteiger partial charge in [-0.3, -0.25) is 4.57 Å². The largest absolute Gasteiger partial charge is 0.495 e. The number of nitrogens with zero attached hydrogens (tertiary/aromatic N) is 3. The van der Waals surface area contributed by atoms with Crippen molar-refractivity contribution in [2.75, 3.05) is 46.7 Å². The van der Waals surface area contributed by atoms with Crippen LogP contribution in [0.15, 0.2) is 60.8 Å². The van der Waals surface area contributed by atoms with Gasteiger partial charge in [-0.05, 0) is 48.0 Å². The molecule has 1 N–H and O–H groups in total. The molecule has 0 aliphatic heterocycles. The molecule has 218 valence electrons. The first-order valence-corrected chi connectivity index (χ1v) is 13.9. The van der Waals surface area contributed by atoms with Gasteiger partial charge in [-0.15, -0.1) is 0 Å². The molecule has 3 aromatic carbocycles. The van der Waals surface area contributed by atoms with E-state index in [0.29, 0.717) is 34.5 Å². The molecule has 10 heteroatoms. The van der Waals surface area contributed by atoms with Gasteiger partial charge < -0.3 is 19.3 Å². The van der Waals surface area contributed by atoms with Gasteiger partial charge in [0.2, 0.25) is 0 Å². The van der Waals surface area contributed by atoms with Crippen LogP contribution in [0, 0.1) is 11.6 Å². The SMILES string of the molecule is COc1cc(C(C)(C)c2cnc(COc3c(F)cc(NCC[N+](C)(C)C)cc3Cl)n2-c2ccc(F)cc2)ccc1Cl. The Bertz CT molecular complexity index is 1490. The standard InChI is InChI=1S/C31H35Cl2F2N4O2/c1-31(2,20-7-12-24(32)27(15-20)40-6)28-18-37-29(38(28)23-10-8-21(34)9-11-23)19-41-30-25(33)16-22(17-26(30)35)36-13-14-39(3,4)5/h7-12,15-18,36H,13-14,19H2,1-6H3/q+1. The van der Waals surface area contributed by atoms with Gasteiger partial charge in [0.15, 0.2) is 17.4 Å². The van der Waals surface area contributed by atoms with E-state index in [1.165, 1.54) is 18.2 Å². The minimum atomic E-state index is -0.584. The summed E-state index contributed by atoms with van der Waals surface area (Å²) in [5.74, 6) is 0.0222. The Morgan fingerprint density at radius 2 is 1.68 bits per heavy atom. The van der Waals surface area contributed by atoms with Crippen LogP contribution in [-0.2, 0) is 12.0 Å². The molecule has 0 saturated carbocycles. The van der Waals surface area contributed by atoms with Crippen molar-refractivity contribution in [1.82, 2.24) is 9.55 Å². The molecule has 0 bridgehead atoms. The number of benzene rings is 3. The number of anilines is 1. The number of halogens is 4. The first-order valence-electron chi connectivity index (χ1n) is 13.1. The molecule has 0 amide bonds. The van der Waals surface area contributed by atoms with Gasteiger partial charge in [-0.2, -0.15) is 0 Å². The van der Waals surface area contributed by atoms with Crippen LogP contribution in [0.3, 0.4) is 0 Å². The minimum absolute atomic E-state index is 0.0688. The molecule has 0 aliphatic rings.